The minimum absolute atomic E-state index is 0.0159. The number of rotatable bonds is 50. The Hall–Kier alpha value is -2.16. The van der Waals surface area contributed by atoms with Crippen LogP contribution < -0.4 is 5.32 Å². The fraction of sp³-hybridized carbons (Fsp3) is 0.932. The maximum absolute atomic E-state index is 14.1. The van der Waals surface area contributed by atoms with Crippen molar-refractivity contribution >= 4 is 23.8 Å². The van der Waals surface area contributed by atoms with Gasteiger partial charge in [-0.05, 0) is 109 Å². The number of likely N-dealkylation sites (tertiary alicyclic amines) is 1. The van der Waals surface area contributed by atoms with Crippen molar-refractivity contribution in [3.8, 4) is 0 Å². The fourth-order valence-corrected chi connectivity index (χ4v) is 10.0. The number of carbonyl (C=O) groups excluding carboxylic acids is 4. The number of nitrogens with zero attached hydrogens (tertiary/aromatic N) is 2. The van der Waals surface area contributed by atoms with Gasteiger partial charge in [0.05, 0.1) is 13.2 Å². The first-order valence-electron chi connectivity index (χ1n) is 29.9. The van der Waals surface area contributed by atoms with Crippen LogP contribution >= 0.6 is 0 Å². The highest BCUT2D eigenvalue weighted by Crippen LogP contribution is 2.22. The Kier molecular flexibility index (Phi) is 44.3. The van der Waals surface area contributed by atoms with Gasteiger partial charge in [-0.2, -0.15) is 0 Å². The van der Waals surface area contributed by atoms with Gasteiger partial charge in [0.25, 0.3) is 0 Å². The standard InChI is InChI=1S/C59H113N3O6/c1-6-11-16-19-27-34-50-62(56(63)43-31-24-22-26-33-45-58(65)68-52-54(39-15-10-5)41-29-18-13-8-3)55(59(66)60-46-37-49-61-47-35-36-48-61)42-30-23-20-21-25-32-44-57(64)67-51-53(38-14-9-4)40-28-17-12-7-2/h53-55H,6-52H2,1-5H3,(H,60,66). The largest absolute Gasteiger partial charge is 0.465 e. The van der Waals surface area contributed by atoms with Crippen molar-refractivity contribution in [2.24, 2.45) is 11.8 Å². The monoisotopic (exact) mass is 960 g/mol. The van der Waals surface area contributed by atoms with Crippen molar-refractivity contribution in [2.75, 3.05) is 45.9 Å². The van der Waals surface area contributed by atoms with Crippen LogP contribution in [0.4, 0.5) is 0 Å². The predicted octanol–water partition coefficient (Wildman–Crippen LogP) is 15.6. The number of unbranched alkanes of at least 4 members (excludes halogenated alkanes) is 22. The summed E-state index contributed by atoms with van der Waals surface area (Å²) in [4.78, 5) is 57.9. The number of hydrogen-bond donors (Lipinski definition) is 1. The van der Waals surface area contributed by atoms with Gasteiger partial charge in [0.15, 0.2) is 0 Å². The number of amides is 2. The van der Waals surface area contributed by atoms with Crippen LogP contribution in [0.25, 0.3) is 0 Å². The van der Waals surface area contributed by atoms with Gasteiger partial charge in [-0.25, -0.2) is 0 Å². The zero-order chi connectivity index (χ0) is 49.6. The molecule has 1 aliphatic heterocycles. The highest BCUT2D eigenvalue weighted by molar-refractivity contribution is 5.87. The molecule has 9 heteroatoms. The summed E-state index contributed by atoms with van der Waals surface area (Å²) in [6.07, 6.45) is 42.4. The summed E-state index contributed by atoms with van der Waals surface area (Å²) in [5.41, 5.74) is 0. The van der Waals surface area contributed by atoms with Gasteiger partial charge in [-0.1, -0.05) is 195 Å². The second-order valence-corrected chi connectivity index (χ2v) is 21.1. The molecule has 9 nitrogen and oxygen atoms in total. The van der Waals surface area contributed by atoms with E-state index in [2.05, 4.69) is 44.8 Å². The highest BCUT2D eigenvalue weighted by atomic mass is 16.5. The lowest BCUT2D eigenvalue weighted by atomic mass is 9.96. The summed E-state index contributed by atoms with van der Waals surface area (Å²) < 4.78 is 11.5. The van der Waals surface area contributed by atoms with E-state index in [1.54, 1.807) is 0 Å². The van der Waals surface area contributed by atoms with Crippen LogP contribution in [-0.4, -0.2) is 85.5 Å². The van der Waals surface area contributed by atoms with Gasteiger partial charge < -0.3 is 24.6 Å². The molecule has 1 rings (SSSR count). The van der Waals surface area contributed by atoms with Crippen molar-refractivity contribution in [1.29, 1.82) is 0 Å². The smallest absolute Gasteiger partial charge is 0.305 e. The molecule has 1 N–H and O–H groups in total. The van der Waals surface area contributed by atoms with Crippen molar-refractivity contribution in [3.63, 3.8) is 0 Å². The molecule has 3 atom stereocenters. The van der Waals surface area contributed by atoms with Crippen LogP contribution in [0.2, 0.25) is 0 Å². The Bertz CT molecular complexity index is 1180. The molecule has 2 amide bonds. The van der Waals surface area contributed by atoms with Gasteiger partial charge >= 0.3 is 11.9 Å². The number of hydrogen-bond acceptors (Lipinski definition) is 7. The minimum Gasteiger partial charge on any atom is -0.465 e. The lowest BCUT2D eigenvalue weighted by molar-refractivity contribution is -0.146. The molecule has 0 spiro atoms. The Balaban J connectivity index is 2.69. The lowest BCUT2D eigenvalue weighted by Gasteiger charge is -2.31. The molecule has 1 saturated heterocycles. The van der Waals surface area contributed by atoms with Gasteiger partial charge in [-0.3, -0.25) is 19.2 Å². The predicted molar refractivity (Wildman–Crippen MR) is 287 cm³/mol. The SMILES string of the molecule is CCCCCCCCN(C(=O)CCCCCCCC(=O)OCC(CCCC)CCCCCC)C(CCCCCCCCC(=O)OCC(CCCC)CCCCCC)C(=O)NCCCN1CCCC1. The average molecular weight is 961 g/mol. The summed E-state index contributed by atoms with van der Waals surface area (Å²) in [7, 11) is 0. The van der Waals surface area contributed by atoms with E-state index in [1.165, 1.54) is 122 Å². The first-order chi connectivity index (χ1) is 33.3. The lowest BCUT2D eigenvalue weighted by Crippen LogP contribution is -2.50. The second-order valence-electron chi connectivity index (χ2n) is 21.1. The maximum Gasteiger partial charge on any atom is 0.305 e. The van der Waals surface area contributed by atoms with Crippen molar-refractivity contribution in [1.82, 2.24) is 15.1 Å². The normalized spacial score (nSPS) is 14.2. The third-order valence-corrected chi connectivity index (χ3v) is 14.6. The summed E-state index contributed by atoms with van der Waals surface area (Å²) >= 11 is 0. The van der Waals surface area contributed by atoms with E-state index in [9.17, 15) is 19.2 Å². The van der Waals surface area contributed by atoms with E-state index in [1.807, 2.05) is 4.90 Å². The van der Waals surface area contributed by atoms with E-state index in [0.717, 1.165) is 129 Å². The quantitative estimate of drug-likeness (QED) is 0.0478. The number of ether oxygens (including phenoxy) is 2. The molecule has 1 heterocycles. The Morgan fingerprint density at radius 2 is 0.853 bits per heavy atom. The van der Waals surface area contributed by atoms with Crippen LogP contribution in [0.15, 0.2) is 0 Å². The summed E-state index contributed by atoms with van der Waals surface area (Å²) in [5.74, 6) is 1.01. The van der Waals surface area contributed by atoms with Crippen LogP contribution in [0.5, 0.6) is 0 Å². The zero-order valence-corrected chi connectivity index (χ0v) is 45.8. The van der Waals surface area contributed by atoms with Crippen molar-refractivity contribution in [3.05, 3.63) is 0 Å². The van der Waals surface area contributed by atoms with E-state index in [4.69, 9.17) is 9.47 Å². The molecule has 0 aromatic heterocycles. The van der Waals surface area contributed by atoms with Gasteiger partial charge in [0.2, 0.25) is 11.8 Å². The summed E-state index contributed by atoms with van der Waals surface area (Å²) in [6, 6.07) is -0.434. The highest BCUT2D eigenvalue weighted by Gasteiger charge is 2.29. The summed E-state index contributed by atoms with van der Waals surface area (Å²) in [5, 5.41) is 3.28. The molecular weight excluding hydrogens is 847 g/mol. The molecule has 0 bridgehead atoms. The Morgan fingerprint density at radius 3 is 1.35 bits per heavy atom. The molecule has 400 valence electrons. The fourth-order valence-electron chi connectivity index (χ4n) is 10.0. The van der Waals surface area contributed by atoms with Crippen LogP contribution in [-0.2, 0) is 28.7 Å². The molecule has 0 aromatic carbocycles. The van der Waals surface area contributed by atoms with Crippen molar-refractivity contribution < 1.29 is 28.7 Å². The van der Waals surface area contributed by atoms with Crippen LogP contribution in [0, 0.1) is 11.8 Å². The molecule has 0 aliphatic carbocycles. The second kappa shape index (κ2) is 47.2. The van der Waals surface area contributed by atoms with Gasteiger partial charge in [0.1, 0.15) is 6.04 Å². The van der Waals surface area contributed by atoms with Crippen LogP contribution in [0.3, 0.4) is 0 Å². The molecule has 1 aliphatic rings. The maximum atomic E-state index is 14.1. The number of esters is 2. The van der Waals surface area contributed by atoms with Crippen LogP contribution in [0.1, 0.15) is 291 Å². The van der Waals surface area contributed by atoms with E-state index in [0.29, 0.717) is 63.8 Å². The van der Waals surface area contributed by atoms with Gasteiger partial charge in [0, 0.05) is 32.4 Å². The summed E-state index contributed by atoms with van der Waals surface area (Å²) in [6.45, 7) is 17.0. The third kappa shape index (κ3) is 36.7. The minimum atomic E-state index is -0.434. The number of carbonyl (C=O) groups is 4. The van der Waals surface area contributed by atoms with Gasteiger partial charge in [-0.15, -0.1) is 0 Å². The first kappa shape index (κ1) is 63.9. The molecule has 0 saturated carbocycles. The van der Waals surface area contributed by atoms with Crippen molar-refractivity contribution in [2.45, 2.75) is 297 Å². The molecular formula is C59H113N3O6. The molecule has 68 heavy (non-hydrogen) atoms. The Morgan fingerprint density at radius 1 is 0.456 bits per heavy atom. The number of nitrogens with one attached hydrogen (secondary N) is 1. The topological polar surface area (TPSA) is 105 Å². The molecule has 1 fully saturated rings. The van der Waals surface area contributed by atoms with E-state index >= 15 is 0 Å². The Labute approximate surface area is 421 Å². The average Bonchev–Trinajstić information content (AvgIpc) is 3.87. The first-order valence-corrected chi connectivity index (χ1v) is 29.9. The molecule has 0 radical (unpaired) electrons. The van der Waals surface area contributed by atoms with E-state index in [-0.39, 0.29) is 23.8 Å². The third-order valence-electron chi connectivity index (χ3n) is 14.6. The zero-order valence-electron chi connectivity index (χ0n) is 45.8. The molecule has 3 unspecified atom stereocenters. The molecule has 0 aromatic rings. The van der Waals surface area contributed by atoms with E-state index < -0.39 is 6.04 Å².